The lowest BCUT2D eigenvalue weighted by atomic mass is 9.95. The molecule has 0 spiro atoms. The number of amides is 1. The molecular formula is C25H26FN7O. The molecule has 1 amide bonds. The van der Waals surface area contributed by atoms with Crippen molar-refractivity contribution in [1.29, 1.82) is 0 Å². The number of aromatic nitrogens is 4. The maximum absolute atomic E-state index is 14.1. The largest absolute Gasteiger partial charge is 0.384 e. The van der Waals surface area contributed by atoms with Gasteiger partial charge in [0.05, 0.1) is 5.52 Å². The van der Waals surface area contributed by atoms with E-state index in [1.165, 1.54) is 6.20 Å². The highest BCUT2D eigenvalue weighted by Gasteiger charge is 2.29. The zero-order valence-electron chi connectivity index (χ0n) is 18.9. The van der Waals surface area contributed by atoms with Gasteiger partial charge in [0, 0.05) is 60.9 Å². The highest BCUT2D eigenvalue weighted by atomic mass is 19.1. The van der Waals surface area contributed by atoms with Gasteiger partial charge in [0.1, 0.15) is 11.5 Å². The van der Waals surface area contributed by atoms with E-state index in [0.29, 0.717) is 35.4 Å². The van der Waals surface area contributed by atoms with Gasteiger partial charge in [-0.2, -0.15) is 5.10 Å². The zero-order valence-corrected chi connectivity index (χ0v) is 18.9. The average Bonchev–Trinajstić information content (AvgIpc) is 3.24. The number of nitrogens with one attached hydrogen (secondary N) is 2. The van der Waals surface area contributed by atoms with E-state index in [9.17, 15) is 9.18 Å². The van der Waals surface area contributed by atoms with Crippen LogP contribution in [0.25, 0.3) is 22.0 Å². The molecule has 9 heteroatoms. The molecule has 0 bridgehead atoms. The van der Waals surface area contributed by atoms with Gasteiger partial charge in [0.15, 0.2) is 5.69 Å². The monoisotopic (exact) mass is 459 g/mol. The first-order valence-corrected chi connectivity index (χ1v) is 11.2. The van der Waals surface area contributed by atoms with Gasteiger partial charge in [-0.05, 0) is 55.2 Å². The topological polar surface area (TPSA) is 113 Å². The summed E-state index contributed by atoms with van der Waals surface area (Å²) >= 11 is 0. The Kier molecular flexibility index (Phi) is 5.70. The predicted octanol–water partition coefficient (Wildman–Crippen LogP) is 4.18. The molecule has 3 aromatic heterocycles. The molecule has 1 aromatic carbocycles. The standard InChI is InChI=1S/C25H26FN7O/c1-25(26)5-8-33(9-6-25)15-16-10-18(14-28-13-16)17-2-3-21-20(11-17)23(32-31-21)24(34)30-19-4-7-29-22(27)12-19/h2-4,7,10-14H,5-6,8-9,15H2,1H3,(H,31,32)(H3,27,29,30,34). The van der Waals surface area contributed by atoms with Gasteiger partial charge in [-0.15, -0.1) is 0 Å². The molecule has 0 radical (unpaired) electrons. The van der Waals surface area contributed by atoms with Crippen LogP contribution < -0.4 is 11.1 Å². The number of alkyl halides is 1. The number of nitrogens with zero attached hydrogens (tertiary/aromatic N) is 4. The molecule has 4 heterocycles. The van der Waals surface area contributed by atoms with Crippen LogP contribution in [-0.4, -0.2) is 49.7 Å². The number of hydrogen-bond donors (Lipinski definition) is 3. The number of benzene rings is 1. The van der Waals surface area contributed by atoms with E-state index in [-0.39, 0.29) is 5.91 Å². The number of pyridine rings is 2. The molecule has 174 valence electrons. The summed E-state index contributed by atoms with van der Waals surface area (Å²) in [5.74, 6) is -0.0199. The normalized spacial score (nSPS) is 15.9. The maximum atomic E-state index is 14.1. The highest BCUT2D eigenvalue weighted by Crippen LogP contribution is 2.28. The minimum absolute atomic E-state index is 0.291. The first-order chi connectivity index (χ1) is 16.4. The number of nitrogens with two attached hydrogens (primary N) is 1. The summed E-state index contributed by atoms with van der Waals surface area (Å²) < 4.78 is 14.1. The molecule has 0 unspecified atom stereocenters. The molecule has 4 N–H and O–H groups in total. The van der Waals surface area contributed by atoms with Gasteiger partial charge in [-0.1, -0.05) is 6.07 Å². The van der Waals surface area contributed by atoms with Crippen LogP contribution in [0, 0.1) is 0 Å². The lowest BCUT2D eigenvalue weighted by Crippen LogP contribution is -2.39. The number of anilines is 2. The number of piperidine rings is 1. The highest BCUT2D eigenvalue weighted by molar-refractivity contribution is 6.11. The summed E-state index contributed by atoms with van der Waals surface area (Å²) in [4.78, 5) is 23.5. The Morgan fingerprint density at radius 2 is 2.00 bits per heavy atom. The molecule has 1 fully saturated rings. The lowest BCUT2D eigenvalue weighted by molar-refractivity contribution is 0.0704. The molecule has 1 aliphatic rings. The molecule has 4 aromatic rings. The van der Waals surface area contributed by atoms with E-state index < -0.39 is 5.67 Å². The van der Waals surface area contributed by atoms with Crippen molar-refractivity contribution in [3.8, 4) is 11.1 Å². The van der Waals surface area contributed by atoms with Crippen LogP contribution in [0.4, 0.5) is 15.9 Å². The lowest BCUT2D eigenvalue weighted by Gasteiger charge is -2.34. The Bertz CT molecular complexity index is 1340. The Balaban J connectivity index is 1.37. The van der Waals surface area contributed by atoms with Crippen LogP contribution in [0.3, 0.4) is 0 Å². The average molecular weight is 460 g/mol. The fraction of sp³-hybridized carbons (Fsp3) is 0.280. The van der Waals surface area contributed by atoms with Gasteiger partial charge in [0.2, 0.25) is 0 Å². The second-order valence-electron chi connectivity index (χ2n) is 9.03. The molecule has 8 nitrogen and oxygen atoms in total. The Morgan fingerprint density at radius 1 is 1.18 bits per heavy atom. The molecule has 0 aliphatic carbocycles. The second kappa shape index (κ2) is 8.83. The number of halogens is 1. The first kappa shape index (κ1) is 22.0. The number of carbonyl (C=O) groups excluding carboxylic acids is 1. The minimum atomic E-state index is -1.06. The van der Waals surface area contributed by atoms with Gasteiger partial charge >= 0.3 is 0 Å². The third-order valence-corrected chi connectivity index (χ3v) is 6.25. The number of nitrogen functional groups attached to an aromatic ring is 1. The summed E-state index contributed by atoms with van der Waals surface area (Å²) in [5.41, 5.74) is 9.18. The Hall–Kier alpha value is -3.85. The summed E-state index contributed by atoms with van der Waals surface area (Å²) in [5, 5.41) is 10.7. The SMILES string of the molecule is CC1(F)CCN(Cc2cncc(-c3ccc4[nH]nc(C(=O)Nc5ccnc(N)c5)c4c3)c2)CC1. The summed E-state index contributed by atoms with van der Waals surface area (Å²) in [6.07, 6.45) is 6.29. The van der Waals surface area contributed by atoms with Crippen LogP contribution in [-0.2, 0) is 6.54 Å². The van der Waals surface area contributed by atoms with Crippen molar-refractivity contribution in [2.24, 2.45) is 0 Å². The van der Waals surface area contributed by atoms with Crippen molar-refractivity contribution in [2.45, 2.75) is 32.0 Å². The van der Waals surface area contributed by atoms with Crippen LogP contribution in [0.1, 0.15) is 35.8 Å². The van der Waals surface area contributed by atoms with Crippen molar-refractivity contribution in [1.82, 2.24) is 25.1 Å². The van der Waals surface area contributed by atoms with E-state index in [4.69, 9.17) is 5.73 Å². The maximum Gasteiger partial charge on any atom is 0.276 e. The number of aromatic amines is 1. The van der Waals surface area contributed by atoms with Gasteiger partial charge in [-0.3, -0.25) is 19.8 Å². The quantitative estimate of drug-likeness (QED) is 0.413. The van der Waals surface area contributed by atoms with Crippen molar-refractivity contribution in [3.63, 3.8) is 0 Å². The first-order valence-electron chi connectivity index (χ1n) is 11.2. The summed E-state index contributed by atoms with van der Waals surface area (Å²) in [6.45, 7) is 3.88. The van der Waals surface area contributed by atoms with Crippen LogP contribution in [0.5, 0.6) is 0 Å². The van der Waals surface area contributed by atoms with Crippen molar-refractivity contribution in [3.05, 3.63) is 66.2 Å². The van der Waals surface area contributed by atoms with Gasteiger partial charge in [-0.25, -0.2) is 9.37 Å². The fourth-order valence-corrected chi connectivity index (χ4v) is 4.25. The van der Waals surface area contributed by atoms with E-state index in [1.807, 2.05) is 24.4 Å². The van der Waals surface area contributed by atoms with Crippen molar-refractivity contribution in [2.75, 3.05) is 24.1 Å². The van der Waals surface area contributed by atoms with Gasteiger partial charge in [0.25, 0.3) is 5.91 Å². The molecule has 0 saturated carbocycles. The second-order valence-corrected chi connectivity index (χ2v) is 9.03. The van der Waals surface area contributed by atoms with Crippen LogP contribution >= 0.6 is 0 Å². The number of fused-ring (bicyclic) bond motifs is 1. The number of hydrogen-bond acceptors (Lipinski definition) is 6. The van der Waals surface area contributed by atoms with E-state index >= 15 is 0 Å². The molecule has 0 atom stereocenters. The molecule has 5 rings (SSSR count). The molecule has 1 saturated heterocycles. The fourth-order valence-electron chi connectivity index (χ4n) is 4.25. The number of likely N-dealkylation sites (tertiary alicyclic amines) is 1. The van der Waals surface area contributed by atoms with Crippen molar-refractivity contribution < 1.29 is 9.18 Å². The summed E-state index contributed by atoms with van der Waals surface area (Å²) in [7, 11) is 0. The molecule has 1 aliphatic heterocycles. The van der Waals surface area contributed by atoms with Crippen LogP contribution in [0.15, 0.2) is 55.0 Å². The Labute approximate surface area is 196 Å². The molecular weight excluding hydrogens is 433 g/mol. The zero-order chi connectivity index (χ0) is 23.7. The third kappa shape index (κ3) is 4.74. The molecule has 34 heavy (non-hydrogen) atoms. The van der Waals surface area contributed by atoms with Crippen LogP contribution in [0.2, 0.25) is 0 Å². The Morgan fingerprint density at radius 3 is 2.79 bits per heavy atom. The third-order valence-electron chi connectivity index (χ3n) is 6.25. The number of H-pyrrole nitrogens is 1. The summed E-state index contributed by atoms with van der Waals surface area (Å²) in [6, 6.07) is 11.2. The predicted molar refractivity (Wildman–Crippen MR) is 130 cm³/mol. The van der Waals surface area contributed by atoms with E-state index in [0.717, 1.165) is 41.8 Å². The van der Waals surface area contributed by atoms with E-state index in [1.54, 1.807) is 25.3 Å². The number of carbonyl (C=O) groups is 1. The smallest absolute Gasteiger partial charge is 0.276 e. The van der Waals surface area contributed by atoms with Gasteiger partial charge < -0.3 is 11.1 Å². The number of rotatable bonds is 5. The van der Waals surface area contributed by atoms with E-state index in [2.05, 4.69) is 36.4 Å². The van der Waals surface area contributed by atoms with Crippen molar-refractivity contribution >= 4 is 28.3 Å². The minimum Gasteiger partial charge on any atom is -0.384 e.